The van der Waals surface area contributed by atoms with Crippen LogP contribution in [0.3, 0.4) is 0 Å². The van der Waals surface area contributed by atoms with E-state index in [0.29, 0.717) is 11.3 Å². The lowest BCUT2D eigenvalue weighted by Crippen LogP contribution is -2.02. The predicted octanol–water partition coefficient (Wildman–Crippen LogP) is 3.08. The van der Waals surface area contributed by atoms with E-state index in [4.69, 9.17) is 5.26 Å². The molecule has 0 aliphatic carbocycles. The van der Waals surface area contributed by atoms with E-state index in [9.17, 15) is 4.39 Å². The number of anilines is 1. The molecule has 1 aromatic rings. The second-order valence-electron chi connectivity index (χ2n) is 3.09. The van der Waals surface area contributed by atoms with Crippen LogP contribution in [0.25, 0.3) is 0 Å². The number of hydrogen-bond acceptors (Lipinski definition) is 2. The van der Waals surface area contributed by atoms with Gasteiger partial charge in [-0.1, -0.05) is 12.2 Å². The summed E-state index contributed by atoms with van der Waals surface area (Å²) >= 11 is 0. The second kappa shape index (κ2) is 5.82. The largest absolute Gasteiger partial charge is 0.384 e. The van der Waals surface area contributed by atoms with Crippen LogP contribution in [-0.4, -0.2) is 6.54 Å². The fourth-order valence-electron chi connectivity index (χ4n) is 1.22. The quantitative estimate of drug-likeness (QED) is 0.604. The molecule has 0 radical (unpaired) electrons. The van der Waals surface area contributed by atoms with Crippen LogP contribution in [0.2, 0.25) is 0 Å². The van der Waals surface area contributed by atoms with Crippen LogP contribution in [0.5, 0.6) is 0 Å². The molecule has 1 N–H and O–H groups in total. The number of rotatable bonds is 4. The topological polar surface area (TPSA) is 35.8 Å². The fourth-order valence-corrected chi connectivity index (χ4v) is 1.22. The normalized spacial score (nSPS) is 10.2. The van der Waals surface area contributed by atoms with Gasteiger partial charge in [-0.05, 0) is 31.5 Å². The van der Waals surface area contributed by atoms with Crippen molar-refractivity contribution in [3.8, 4) is 6.07 Å². The smallest absolute Gasteiger partial charge is 0.124 e. The monoisotopic (exact) mass is 204 g/mol. The third-order valence-electron chi connectivity index (χ3n) is 1.96. The van der Waals surface area contributed by atoms with Gasteiger partial charge in [0.1, 0.15) is 11.9 Å². The summed E-state index contributed by atoms with van der Waals surface area (Å²) in [6.45, 7) is 2.70. The van der Waals surface area contributed by atoms with Gasteiger partial charge in [0.25, 0.3) is 0 Å². The molecule has 0 fully saturated rings. The number of allylic oxidation sites excluding steroid dienone is 1. The van der Waals surface area contributed by atoms with Crippen molar-refractivity contribution >= 4 is 5.69 Å². The van der Waals surface area contributed by atoms with Crippen molar-refractivity contribution in [2.75, 3.05) is 11.9 Å². The van der Waals surface area contributed by atoms with Gasteiger partial charge in [-0.3, -0.25) is 0 Å². The standard InChI is InChI=1S/C12H13FN2/c1-2-3-4-7-15-12-6-5-11(13)8-10(12)9-14/h2-3,5-6,8,15H,4,7H2,1H3/b3-2+. The molecule has 0 aliphatic heterocycles. The summed E-state index contributed by atoms with van der Waals surface area (Å²) in [7, 11) is 0. The van der Waals surface area contributed by atoms with Crippen LogP contribution in [0, 0.1) is 17.1 Å². The summed E-state index contributed by atoms with van der Waals surface area (Å²) in [6.07, 6.45) is 4.89. The van der Waals surface area contributed by atoms with E-state index in [1.54, 1.807) is 6.07 Å². The van der Waals surface area contributed by atoms with Gasteiger partial charge in [-0.15, -0.1) is 0 Å². The maximum Gasteiger partial charge on any atom is 0.124 e. The maximum atomic E-state index is 12.8. The van der Waals surface area contributed by atoms with Crippen molar-refractivity contribution in [2.24, 2.45) is 0 Å². The molecule has 0 heterocycles. The Bertz CT molecular complexity index is 391. The lowest BCUT2D eigenvalue weighted by atomic mass is 10.2. The number of halogens is 1. The lowest BCUT2D eigenvalue weighted by Gasteiger charge is -2.06. The summed E-state index contributed by atoms with van der Waals surface area (Å²) in [6, 6.07) is 6.12. The molecule has 0 amide bonds. The average Bonchev–Trinajstić information content (AvgIpc) is 2.26. The zero-order valence-corrected chi connectivity index (χ0v) is 8.63. The summed E-state index contributed by atoms with van der Waals surface area (Å²) < 4.78 is 12.8. The van der Waals surface area contributed by atoms with E-state index < -0.39 is 0 Å². The van der Waals surface area contributed by atoms with Crippen molar-refractivity contribution in [1.29, 1.82) is 5.26 Å². The summed E-state index contributed by atoms with van der Waals surface area (Å²) in [5.74, 6) is -0.384. The van der Waals surface area contributed by atoms with Crippen LogP contribution in [-0.2, 0) is 0 Å². The minimum absolute atomic E-state index is 0.343. The number of benzene rings is 1. The molecule has 0 bridgehead atoms. The lowest BCUT2D eigenvalue weighted by molar-refractivity contribution is 0.627. The minimum atomic E-state index is -0.384. The molecule has 0 unspecified atom stereocenters. The first-order valence-electron chi connectivity index (χ1n) is 4.82. The van der Waals surface area contributed by atoms with Crippen molar-refractivity contribution < 1.29 is 4.39 Å². The Balaban J connectivity index is 2.65. The third kappa shape index (κ3) is 3.43. The highest BCUT2D eigenvalue weighted by Crippen LogP contribution is 2.15. The molecule has 1 aromatic carbocycles. The molecule has 1 rings (SSSR count). The highest BCUT2D eigenvalue weighted by Gasteiger charge is 2.01. The zero-order valence-electron chi connectivity index (χ0n) is 8.63. The number of hydrogen-bond donors (Lipinski definition) is 1. The molecule has 3 heteroatoms. The van der Waals surface area contributed by atoms with Gasteiger partial charge in [-0.2, -0.15) is 5.26 Å². The van der Waals surface area contributed by atoms with Crippen molar-refractivity contribution in [3.63, 3.8) is 0 Å². The van der Waals surface area contributed by atoms with Gasteiger partial charge in [0.05, 0.1) is 11.3 Å². The van der Waals surface area contributed by atoms with E-state index in [1.807, 2.05) is 25.1 Å². The Hall–Kier alpha value is -1.82. The van der Waals surface area contributed by atoms with Crippen LogP contribution >= 0.6 is 0 Å². The summed E-state index contributed by atoms with van der Waals surface area (Å²) in [5.41, 5.74) is 1.03. The van der Waals surface area contributed by atoms with Gasteiger partial charge in [0, 0.05) is 6.54 Å². The molecule has 0 aliphatic rings. The van der Waals surface area contributed by atoms with E-state index in [1.165, 1.54) is 12.1 Å². The second-order valence-corrected chi connectivity index (χ2v) is 3.09. The summed E-state index contributed by atoms with van der Waals surface area (Å²) in [4.78, 5) is 0. The Kier molecular flexibility index (Phi) is 4.36. The Labute approximate surface area is 89.0 Å². The first-order valence-corrected chi connectivity index (χ1v) is 4.82. The summed E-state index contributed by atoms with van der Waals surface area (Å²) in [5, 5.41) is 11.9. The van der Waals surface area contributed by atoms with Crippen LogP contribution in [0.15, 0.2) is 30.4 Å². The molecule has 0 spiro atoms. The molecular weight excluding hydrogens is 191 g/mol. The van der Waals surface area contributed by atoms with E-state index in [2.05, 4.69) is 5.32 Å². The van der Waals surface area contributed by atoms with Crippen LogP contribution in [0.4, 0.5) is 10.1 Å². The fraction of sp³-hybridized carbons (Fsp3) is 0.250. The van der Waals surface area contributed by atoms with E-state index >= 15 is 0 Å². The van der Waals surface area contributed by atoms with Gasteiger partial charge in [0.2, 0.25) is 0 Å². The zero-order chi connectivity index (χ0) is 11.1. The van der Waals surface area contributed by atoms with Crippen LogP contribution in [0.1, 0.15) is 18.9 Å². The molecule has 2 nitrogen and oxygen atoms in total. The highest BCUT2D eigenvalue weighted by atomic mass is 19.1. The number of nitriles is 1. The Morgan fingerprint density at radius 2 is 2.33 bits per heavy atom. The first kappa shape index (κ1) is 11.3. The minimum Gasteiger partial charge on any atom is -0.384 e. The first-order chi connectivity index (χ1) is 7.27. The van der Waals surface area contributed by atoms with Crippen LogP contribution < -0.4 is 5.32 Å². The molecule has 0 aromatic heterocycles. The molecule has 0 atom stereocenters. The Morgan fingerprint density at radius 3 is 3.00 bits per heavy atom. The predicted molar refractivity (Wildman–Crippen MR) is 59.0 cm³/mol. The molecule has 15 heavy (non-hydrogen) atoms. The third-order valence-corrected chi connectivity index (χ3v) is 1.96. The van der Waals surface area contributed by atoms with Crippen molar-refractivity contribution in [1.82, 2.24) is 0 Å². The van der Waals surface area contributed by atoms with E-state index in [-0.39, 0.29) is 5.82 Å². The van der Waals surface area contributed by atoms with Gasteiger partial charge in [0.15, 0.2) is 0 Å². The number of nitrogens with one attached hydrogen (secondary N) is 1. The maximum absolute atomic E-state index is 12.8. The average molecular weight is 204 g/mol. The highest BCUT2D eigenvalue weighted by molar-refractivity contribution is 5.57. The van der Waals surface area contributed by atoms with Gasteiger partial charge >= 0.3 is 0 Å². The Morgan fingerprint density at radius 1 is 1.53 bits per heavy atom. The van der Waals surface area contributed by atoms with Crippen molar-refractivity contribution in [3.05, 3.63) is 41.7 Å². The van der Waals surface area contributed by atoms with Gasteiger partial charge in [-0.25, -0.2) is 4.39 Å². The molecule has 78 valence electrons. The molecule has 0 saturated carbocycles. The van der Waals surface area contributed by atoms with Gasteiger partial charge < -0.3 is 5.32 Å². The SMILES string of the molecule is C/C=C/CCNc1ccc(F)cc1C#N. The molecule has 0 saturated heterocycles. The van der Waals surface area contributed by atoms with E-state index in [0.717, 1.165) is 13.0 Å². The molecular formula is C12H13FN2. The van der Waals surface area contributed by atoms with Crippen molar-refractivity contribution in [2.45, 2.75) is 13.3 Å². The number of nitrogens with zero attached hydrogens (tertiary/aromatic N) is 1.